The van der Waals surface area contributed by atoms with Gasteiger partial charge < -0.3 is 57.8 Å². The monoisotopic (exact) mass is 702 g/mol. The summed E-state index contributed by atoms with van der Waals surface area (Å²) in [5.41, 5.74) is 0.866. The Kier molecular flexibility index (Phi) is 24.6. The number of fused-ring (bicyclic) bond motifs is 1. The van der Waals surface area contributed by atoms with Crippen molar-refractivity contribution >= 4 is 23.7 Å². The van der Waals surface area contributed by atoms with E-state index in [9.17, 15) is 19.2 Å². The van der Waals surface area contributed by atoms with E-state index in [4.69, 9.17) is 47.7 Å². The van der Waals surface area contributed by atoms with Gasteiger partial charge in [0.2, 0.25) is 5.91 Å². The zero-order valence-electron chi connectivity index (χ0n) is 28.0. The second kappa shape index (κ2) is 28.7. The maximum atomic E-state index is 12.3. The number of rotatable bonds is 34. The SMILES string of the molecule is O=C(O)COCC(=O)NCCOCCOCCOCCOCCOCCOCCOCCOCCOCCN1C(=O)c2ccccc2C1=O. The lowest BCUT2D eigenvalue weighted by atomic mass is 10.1. The number of benzene rings is 1. The van der Waals surface area contributed by atoms with E-state index >= 15 is 0 Å². The highest BCUT2D eigenvalue weighted by Crippen LogP contribution is 2.21. The topological polar surface area (TPSA) is 196 Å². The highest BCUT2D eigenvalue weighted by Gasteiger charge is 2.34. The minimum absolute atomic E-state index is 0.203. The summed E-state index contributed by atoms with van der Waals surface area (Å²) in [4.78, 5) is 47.4. The Morgan fingerprint density at radius 3 is 1.22 bits per heavy atom. The Morgan fingerprint density at radius 1 is 0.510 bits per heavy atom. The quantitative estimate of drug-likeness (QED) is 0.0698. The number of carbonyl (C=O) groups is 4. The van der Waals surface area contributed by atoms with Crippen molar-refractivity contribution in [1.29, 1.82) is 0 Å². The van der Waals surface area contributed by atoms with Gasteiger partial charge in [-0.3, -0.25) is 19.3 Å². The van der Waals surface area contributed by atoms with Crippen LogP contribution < -0.4 is 5.32 Å². The Hall–Kier alpha value is -3.10. The Bertz CT molecular complexity index is 1030. The van der Waals surface area contributed by atoms with Gasteiger partial charge >= 0.3 is 5.97 Å². The van der Waals surface area contributed by atoms with Crippen molar-refractivity contribution in [1.82, 2.24) is 10.2 Å². The van der Waals surface area contributed by atoms with Gasteiger partial charge in [-0.05, 0) is 12.1 Å². The molecule has 0 fully saturated rings. The average Bonchev–Trinajstić information content (AvgIpc) is 3.33. The molecule has 0 unspecified atom stereocenters. The lowest BCUT2D eigenvalue weighted by Gasteiger charge is -2.13. The molecule has 17 heteroatoms. The molecule has 0 bridgehead atoms. The molecule has 0 saturated heterocycles. The summed E-state index contributed by atoms with van der Waals surface area (Å²) in [6, 6.07) is 6.79. The standard InChI is InChI=1S/C32H50N2O15/c35-29(25-49-26-30(36)37)33-5-7-40-9-11-42-13-15-44-17-19-46-21-23-48-24-22-47-20-18-45-16-14-43-12-10-41-8-6-34-31(38)27-3-1-2-4-28(27)32(34)39/h1-4H,5-26H2,(H,33,35)(H,36,37). The molecule has 0 saturated carbocycles. The average molecular weight is 703 g/mol. The summed E-state index contributed by atoms with van der Waals surface area (Å²) in [6.45, 7) is 7.02. The van der Waals surface area contributed by atoms with Gasteiger partial charge in [-0.1, -0.05) is 12.1 Å². The number of hydrogen-bond donors (Lipinski definition) is 2. The minimum atomic E-state index is -1.13. The Labute approximate surface area is 286 Å². The van der Waals surface area contributed by atoms with Crippen LogP contribution in [0.4, 0.5) is 0 Å². The molecule has 2 N–H and O–H groups in total. The maximum Gasteiger partial charge on any atom is 0.329 e. The van der Waals surface area contributed by atoms with Crippen LogP contribution in [0.2, 0.25) is 0 Å². The molecule has 1 aliphatic rings. The first-order valence-corrected chi connectivity index (χ1v) is 16.2. The molecule has 17 nitrogen and oxygen atoms in total. The molecule has 1 aromatic rings. The van der Waals surface area contributed by atoms with E-state index < -0.39 is 18.5 Å². The molecule has 3 amide bonds. The molecule has 2 rings (SSSR count). The van der Waals surface area contributed by atoms with Crippen molar-refractivity contribution in [3.63, 3.8) is 0 Å². The van der Waals surface area contributed by atoms with Crippen LogP contribution in [-0.2, 0) is 57.0 Å². The zero-order valence-corrected chi connectivity index (χ0v) is 28.0. The highest BCUT2D eigenvalue weighted by molar-refractivity contribution is 6.21. The predicted octanol–water partition coefficient (Wildman–Crippen LogP) is -0.351. The number of amides is 3. The number of hydrogen-bond acceptors (Lipinski definition) is 14. The van der Waals surface area contributed by atoms with E-state index in [1.54, 1.807) is 24.3 Å². The molecule has 0 atom stereocenters. The van der Waals surface area contributed by atoms with E-state index in [2.05, 4.69) is 10.1 Å². The predicted molar refractivity (Wildman–Crippen MR) is 171 cm³/mol. The highest BCUT2D eigenvalue weighted by atomic mass is 16.6. The van der Waals surface area contributed by atoms with Gasteiger partial charge in [-0.15, -0.1) is 0 Å². The van der Waals surface area contributed by atoms with Crippen LogP contribution in [-0.4, -0.2) is 179 Å². The van der Waals surface area contributed by atoms with E-state index in [0.717, 1.165) is 0 Å². The van der Waals surface area contributed by atoms with E-state index in [1.807, 2.05) is 0 Å². The number of ether oxygens (including phenoxy) is 10. The smallest absolute Gasteiger partial charge is 0.329 e. The third kappa shape index (κ3) is 20.9. The first-order chi connectivity index (χ1) is 24.0. The van der Waals surface area contributed by atoms with Crippen LogP contribution in [0.25, 0.3) is 0 Å². The fraction of sp³-hybridized carbons (Fsp3) is 0.688. The number of aliphatic carboxylic acids is 1. The number of carboxylic acids is 1. The summed E-state index contributed by atoms with van der Waals surface area (Å²) < 4.78 is 53.5. The van der Waals surface area contributed by atoms with Crippen molar-refractivity contribution in [2.75, 3.05) is 145 Å². The van der Waals surface area contributed by atoms with Crippen LogP contribution in [0.1, 0.15) is 20.7 Å². The molecular formula is C32H50N2O15. The summed E-state index contributed by atoms with van der Waals surface area (Å²) in [5.74, 6) is -2.11. The first kappa shape index (κ1) is 42.1. The molecule has 278 valence electrons. The molecule has 0 spiro atoms. The third-order valence-corrected chi connectivity index (χ3v) is 6.34. The lowest BCUT2D eigenvalue weighted by molar-refractivity contribution is -0.143. The summed E-state index contributed by atoms with van der Waals surface area (Å²) >= 11 is 0. The van der Waals surface area contributed by atoms with Crippen LogP contribution in [0.5, 0.6) is 0 Å². The Balaban J connectivity index is 1.19. The molecular weight excluding hydrogens is 652 g/mol. The fourth-order valence-electron chi connectivity index (χ4n) is 4.00. The zero-order chi connectivity index (χ0) is 35.2. The van der Waals surface area contributed by atoms with Crippen LogP contribution in [0.15, 0.2) is 24.3 Å². The van der Waals surface area contributed by atoms with Crippen molar-refractivity contribution < 1.29 is 71.7 Å². The molecule has 0 aliphatic carbocycles. The molecule has 1 aliphatic heterocycles. The molecule has 49 heavy (non-hydrogen) atoms. The van der Waals surface area contributed by atoms with Gasteiger partial charge in [-0.2, -0.15) is 0 Å². The van der Waals surface area contributed by atoms with Crippen molar-refractivity contribution in [3.05, 3.63) is 35.4 Å². The summed E-state index contributed by atoms with van der Waals surface area (Å²) in [6.07, 6.45) is 0. The van der Waals surface area contributed by atoms with Crippen molar-refractivity contribution in [2.45, 2.75) is 0 Å². The van der Waals surface area contributed by atoms with E-state index in [-0.39, 0.29) is 31.6 Å². The lowest BCUT2D eigenvalue weighted by Crippen LogP contribution is -2.33. The number of carbonyl (C=O) groups excluding carboxylic acids is 3. The largest absolute Gasteiger partial charge is 0.480 e. The Morgan fingerprint density at radius 2 is 0.857 bits per heavy atom. The van der Waals surface area contributed by atoms with Gasteiger partial charge in [0, 0.05) is 6.54 Å². The van der Waals surface area contributed by atoms with Gasteiger partial charge in [0.15, 0.2) is 0 Å². The molecule has 1 aromatic carbocycles. The second-order valence-electron chi connectivity index (χ2n) is 10.1. The number of imide groups is 1. The van der Waals surface area contributed by atoms with Crippen LogP contribution in [0, 0.1) is 0 Å². The summed E-state index contributed by atoms with van der Waals surface area (Å²) in [7, 11) is 0. The van der Waals surface area contributed by atoms with Crippen molar-refractivity contribution in [2.24, 2.45) is 0 Å². The third-order valence-electron chi connectivity index (χ3n) is 6.34. The normalized spacial score (nSPS) is 12.5. The van der Waals surface area contributed by atoms with Crippen molar-refractivity contribution in [3.8, 4) is 0 Å². The molecule has 1 heterocycles. The maximum absolute atomic E-state index is 12.3. The molecule has 0 radical (unpaired) electrons. The first-order valence-electron chi connectivity index (χ1n) is 16.2. The second-order valence-corrected chi connectivity index (χ2v) is 10.1. The fourth-order valence-corrected chi connectivity index (χ4v) is 4.00. The number of carboxylic acid groups (broad SMARTS) is 1. The van der Waals surface area contributed by atoms with Gasteiger partial charge in [0.05, 0.1) is 137 Å². The van der Waals surface area contributed by atoms with E-state index in [0.29, 0.717) is 130 Å². The minimum Gasteiger partial charge on any atom is -0.480 e. The molecule has 0 aromatic heterocycles. The van der Waals surface area contributed by atoms with Crippen LogP contribution in [0.3, 0.4) is 0 Å². The van der Waals surface area contributed by atoms with Gasteiger partial charge in [0.25, 0.3) is 11.8 Å². The summed E-state index contributed by atoms with van der Waals surface area (Å²) in [5, 5.41) is 11.0. The van der Waals surface area contributed by atoms with Gasteiger partial charge in [-0.25, -0.2) is 4.79 Å². The van der Waals surface area contributed by atoms with Crippen LogP contribution >= 0.6 is 0 Å². The van der Waals surface area contributed by atoms with Gasteiger partial charge in [0.1, 0.15) is 13.2 Å². The number of nitrogens with zero attached hydrogens (tertiary/aromatic N) is 1. The van der Waals surface area contributed by atoms with E-state index in [1.165, 1.54) is 4.90 Å². The number of nitrogens with one attached hydrogen (secondary N) is 1.